The van der Waals surface area contributed by atoms with E-state index in [1.165, 1.54) is 19.2 Å². The number of aromatic nitrogens is 1. The van der Waals surface area contributed by atoms with E-state index in [1.807, 2.05) is 0 Å². The third kappa shape index (κ3) is 3.34. The number of esters is 1. The Balaban J connectivity index is 1.52. The number of fused-ring (bicyclic) bond motifs is 1. The number of alkyl halides is 3. The second-order valence-electron chi connectivity index (χ2n) is 7.54. The normalized spacial score (nSPS) is 24.3. The van der Waals surface area contributed by atoms with E-state index in [4.69, 9.17) is 4.74 Å². The Labute approximate surface area is 161 Å². The van der Waals surface area contributed by atoms with E-state index < -0.39 is 17.7 Å². The van der Waals surface area contributed by atoms with Gasteiger partial charge >= 0.3 is 12.1 Å². The fraction of sp³-hybridized carbons (Fsp3) is 0.429. The quantitative estimate of drug-likeness (QED) is 0.723. The molecule has 2 aromatic rings. The Kier molecular flexibility index (Phi) is 4.77. The molecule has 28 heavy (non-hydrogen) atoms. The summed E-state index contributed by atoms with van der Waals surface area (Å²) in [6, 6.07) is 9.29. The van der Waals surface area contributed by atoms with Crippen LogP contribution in [0.25, 0.3) is 0 Å². The molecule has 2 heterocycles. The number of anilines is 1. The standard InChI is InChI=1S/C21H21F3N2O2/c1-28-20(27)17-6-4-8-25-19(17)26-11-14-9-13(10-15(14)12-26)16-5-2-3-7-18(16)21(22,23)24/h2-8,13-15H,9-12H2,1H3/t13-,14-,15+. The van der Waals surface area contributed by atoms with Crippen LogP contribution in [-0.4, -0.2) is 31.2 Å². The summed E-state index contributed by atoms with van der Waals surface area (Å²) in [6.45, 7) is 1.38. The van der Waals surface area contributed by atoms with Gasteiger partial charge in [-0.1, -0.05) is 18.2 Å². The van der Waals surface area contributed by atoms with Crippen molar-refractivity contribution in [1.29, 1.82) is 0 Å². The van der Waals surface area contributed by atoms with E-state index in [0.29, 0.717) is 54.7 Å². The molecule has 4 rings (SSSR count). The molecule has 0 unspecified atom stereocenters. The number of hydrogen-bond donors (Lipinski definition) is 0. The van der Waals surface area contributed by atoms with Gasteiger partial charge in [-0.05, 0) is 54.4 Å². The summed E-state index contributed by atoms with van der Waals surface area (Å²) in [5, 5.41) is 0. The SMILES string of the molecule is COC(=O)c1cccnc1N1C[C@H]2C[C@@H](c3ccccc3C(F)(F)F)C[C@H]2C1. The Morgan fingerprint density at radius 2 is 1.79 bits per heavy atom. The average Bonchev–Trinajstić information content (AvgIpc) is 3.26. The average molecular weight is 390 g/mol. The number of pyridine rings is 1. The van der Waals surface area contributed by atoms with E-state index in [2.05, 4.69) is 9.88 Å². The number of methoxy groups -OCH3 is 1. The van der Waals surface area contributed by atoms with Crippen LogP contribution in [-0.2, 0) is 10.9 Å². The van der Waals surface area contributed by atoms with Crippen molar-refractivity contribution in [2.24, 2.45) is 11.8 Å². The number of carbonyl (C=O) groups excluding carboxylic acids is 1. The predicted octanol–water partition coefficient (Wildman–Crippen LogP) is 4.52. The number of halogens is 3. The molecule has 0 bridgehead atoms. The Morgan fingerprint density at radius 3 is 2.43 bits per heavy atom. The zero-order valence-corrected chi connectivity index (χ0v) is 15.4. The van der Waals surface area contributed by atoms with Crippen LogP contribution in [0.3, 0.4) is 0 Å². The van der Waals surface area contributed by atoms with Gasteiger partial charge in [0.15, 0.2) is 0 Å². The zero-order valence-electron chi connectivity index (χ0n) is 15.4. The number of nitrogens with zero attached hydrogens (tertiary/aromatic N) is 2. The molecular weight excluding hydrogens is 369 g/mol. The molecule has 2 fully saturated rings. The first kappa shape index (κ1) is 18.8. The van der Waals surface area contributed by atoms with Crippen LogP contribution < -0.4 is 4.90 Å². The topological polar surface area (TPSA) is 42.4 Å². The molecule has 1 saturated heterocycles. The predicted molar refractivity (Wildman–Crippen MR) is 98.2 cm³/mol. The van der Waals surface area contributed by atoms with E-state index in [1.54, 1.807) is 30.5 Å². The van der Waals surface area contributed by atoms with Gasteiger partial charge in [-0.2, -0.15) is 13.2 Å². The molecule has 0 amide bonds. The first-order valence-corrected chi connectivity index (χ1v) is 9.33. The molecule has 7 heteroatoms. The Hall–Kier alpha value is -2.57. The van der Waals surface area contributed by atoms with Crippen LogP contribution in [0.5, 0.6) is 0 Å². The first-order valence-electron chi connectivity index (χ1n) is 9.33. The minimum Gasteiger partial charge on any atom is -0.465 e. The van der Waals surface area contributed by atoms with Crippen LogP contribution in [0.1, 0.15) is 40.2 Å². The lowest BCUT2D eigenvalue weighted by Crippen LogP contribution is -2.25. The summed E-state index contributed by atoms with van der Waals surface area (Å²) in [6.07, 6.45) is -1.26. The molecule has 0 radical (unpaired) electrons. The molecule has 0 N–H and O–H groups in total. The zero-order chi connectivity index (χ0) is 19.9. The summed E-state index contributed by atoms with van der Waals surface area (Å²) < 4.78 is 44.9. The van der Waals surface area contributed by atoms with Gasteiger partial charge in [0.05, 0.1) is 12.7 Å². The third-order valence-electron chi connectivity index (χ3n) is 5.95. The largest absolute Gasteiger partial charge is 0.465 e. The van der Waals surface area contributed by atoms with Crippen LogP contribution >= 0.6 is 0 Å². The third-order valence-corrected chi connectivity index (χ3v) is 5.95. The first-order chi connectivity index (χ1) is 13.4. The molecule has 1 aromatic carbocycles. The van der Waals surface area contributed by atoms with E-state index in [9.17, 15) is 18.0 Å². The van der Waals surface area contributed by atoms with Crippen molar-refractivity contribution in [2.75, 3.05) is 25.1 Å². The van der Waals surface area contributed by atoms with E-state index >= 15 is 0 Å². The summed E-state index contributed by atoms with van der Waals surface area (Å²) in [7, 11) is 1.33. The minimum absolute atomic E-state index is 0.0845. The number of benzene rings is 1. The Morgan fingerprint density at radius 1 is 1.11 bits per heavy atom. The monoisotopic (exact) mass is 390 g/mol. The highest BCUT2D eigenvalue weighted by Crippen LogP contribution is 2.49. The van der Waals surface area contributed by atoms with Gasteiger partial charge < -0.3 is 9.64 Å². The van der Waals surface area contributed by atoms with Gasteiger partial charge in [-0.15, -0.1) is 0 Å². The number of ether oxygens (including phenoxy) is 1. The Bertz CT molecular complexity index is 870. The molecule has 1 aromatic heterocycles. The fourth-order valence-electron chi connectivity index (χ4n) is 4.76. The van der Waals surface area contributed by atoms with Gasteiger partial charge in [0.1, 0.15) is 11.4 Å². The van der Waals surface area contributed by atoms with Gasteiger partial charge in [0.2, 0.25) is 0 Å². The molecule has 1 saturated carbocycles. The fourth-order valence-corrected chi connectivity index (χ4v) is 4.76. The van der Waals surface area contributed by atoms with Crippen molar-refractivity contribution in [3.05, 3.63) is 59.3 Å². The highest BCUT2D eigenvalue weighted by molar-refractivity contribution is 5.94. The summed E-state index contributed by atoms with van der Waals surface area (Å²) in [5.74, 6) is 0.657. The summed E-state index contributed by atoms with van der Waals surface area (Å²) >= 11 is 0. The highest BCUT2D eigenvalue weighted by Gasteiger charge is 2.44. The van der Waals surface area contributed by atoms with Gasteiger partial charge in [0.25, 0.3) is 0 Å². The molecule has 3 atom stereocenters. The van der Waals surface area contributed by atoms with E-state index in [0.717, 1.165) is 0 Å². The molecule has 1 aliphatic heterocycles. The minimum atomic E-state index is -4.33. The molecule has 1 aliphatic carbocycles. The van der Waals surface area contributed by atoms with Gasteiger partial charge in [-0.25, -0.2) is 9.78 Å². The summed E-state index contributed by atoms with van der Waals surface area (Å²) in [4.78, 5) is 18.4. The van der Waals surface area contributed by atoms with Crippen LogP contribution in [0.15, 0.2) is 42.6 Å². The van der Waals surface area contributed by atoms with Gasteiger partial charge in [-0.3, -0.25) is 0 Å². The van der Waals surface area contributed by atoms with Crippen LogP contribution in [0.2, 0.25) is 0 Å². The second kappa shape index (κ2) is 7.11. The highest BCUT2D eigenvalue weighted by atomic mass is 19.4. The number of carbonyl (C=O) groups is 1. The van der Waals surface area contributed by atoms with Crippen molar-refractivity contribution >= 4 is 11.8 Å². The van der Waals surface area contributed by atoms with Crippen molar-refractivity contribution < 1.29 is 22.7 Å². The van der Waals surface area contributed by atoms with Crippen molar-refractivity contribution in [2.45, 2.75) is 24.9 Å². The lowest BCUT2D eigenvalue weighted by Gasteiger charge is -2.23. The molecule has 148 valence electrons. The maximum Gasteiger partial charge on any atom is 0.416 e. The second-order valence-corrected chi connectivity index (χ2v) is 7.54. The molecule has 2 aliphatic rings. The molecular formula is C21H21F3N2O2. The maximum absolute atomic E-state index is 13.4. The number of hydrogen-bond acceptors (Lipinski definition) is 4. The van der Waals surface area contributed by atoms with Crippen molar-refractivity contribution in [3.8, 4) is 0 Å². The summed E-state index contributed by atoms with van der Waals surface area (Å²) in [5.41, 5.74) is 0.308. The van der Waals surface area contributed by atoms with Crippen molar-refractivity contribution in [3.63, 3.8) is 0 Å². The van der Waals surface area contributed by atoms with Crippen LogP contribution in [0, 0.1) is 11.8 Å². The smallest absolute Gasteiger partial charge is 0.416 e. The number of rotatable bonds is 3. The maximum atomic E-state index is 13.4. The van der Waals surface area contributed by atoms with Gasteiger partial charge in [0, 0.05) is 19.3 Å². The van der Waals surface area contributed by atoms with Crippen molar-refractivity contribution in [1.82, 2.24) is 4.98 Å². The lowest BCUT2D eigenvalue weighted by atomic mass is 9.91. The van der Waals surface area contributed by atoms with E-state index in [-0.39, 0.29) is 5.92 Å². The van der Waals surface area contributed by atoms with Crippen LogP contribution in [0.4, 0.5) is 19.0 Å². The lowest BCUT2D eigenvalue weighted by molar-refractivity contribution is -0.138. The molecule has 0 spiro atoms. The molecule has 4 nitrogen and oxygen atoms in total.